The Kier molecular flexibility index (Phi) is 8.54. The lowest BCUT2D eigenvalue weighted by atomic mass is 10.0. The van der Waals surface area contributed by atoms with Gasteiger partial charge < -0.3 is 15.4 Å². The summed E-state index contributed by atoms with van der Waals surface area (Å²) in [6.07, 6.45) is 1.87. The van der Waals surface area contributed by atoms with Crippen LogP contribution in [-0.2, 0) is 19.1 Å². The molecule has 0 aliphatic carbocycles. The van der Waals surface area contributed by atoms with Crippen LogP contribution in [0.4, 0.5) is 0 Å². The number of nitrogens with one attached hydrogen (secondary N) is 2. The zero-order valence-electron chi connectivity index (χ0n) is 14.5. The van der Waals surface area contributed by atoms with Gasteiger partial charge in [0.1, 0.15) is 6.04 Å². The quantitative estimate of drug-likeness (QED) is 0.677. The van der Waals surface area contributed by atoms with Crippen LogP contribution in [0.3, 0.4) is 0 Å². The second-order valence-electron chi connectivity index (χ2n) is 5.54. The molecule has 0 heterocycles. The average molecular weight is 334 g/mol. The van der Waals surface area contributed by atoms with E-state index in [-0.39, 0.29) is 36.7 Å². The number of amides is 2. The molecule has 0 aliphatic heterocycles. The maximum atomic E-state index is 12.7. The molecule has 0 fully saturated rings. The number of carbonyl (C=O) groups excluding carboxylic acids is 3. The van der Waals surface area contributed by atoms with Crippen molar-refractivity contribution in [1.82, 2.24) is 10.6 Å². The lowest BCUT2D eigenvalue weighted by Crippen LogP contribution is -2.45. The molecular weight excluding hydrogens is 308 g/mol. The van der Waals surface area contributed by atoms with Gasteiger partial charge in [-0.3, -0.25) is 14.4 Å². The van der Waals surface area contributed by atoms with Crippen LogP contribution >= 0.6 is 0 Å². The highest BCUT2D eigenvalue weighted by Gasteiger charge is 2.25. The smallest absolute Gasteiger partial charge is 0.307 e. The number of benzene rings is 1. The molecule has 0 saturated heterocycles. The van der Waals surface area contributed by atoms with Gasteiger partial charge in [0.2, 0.25) is 11.8 Å². The van der Waals surface area contributed by atoms with Crippen molar-refractivity contribution in [3.63, 3.8) is 0 Å². The summed E-state index contributed by atoms with van der Waals surface area (Å²) in [6, 6.07) is 7.94. The van der Waals surface area contributed by atoms with Crippen molar-refractivity contribution in [2.24, 2.45) is 0 Å². The minimum Gasteiger partial charge on any atom is -0.469 e. The molecule has 0 saturated carbocycles. The molecule has 2 atom stereocenters. The van der Waals surface area contributed by atoms with Gasteiger partial charge in [-0.1, -0.05) is 50.6 Å². The van der Waals surface area contributed by atoms with E-state index in [0.717, 1.165) is 6.42 Å². The second-order valence-corrected chi connectivity index (χ2v) is 5.54. The standard InChI is InChI=1S/C18H26N2O4/c1-4-9-14(12-16(22)24-3)19-18(23)17(20-15(21)5-2)13-10-7-6-8-11-13/h6-8,10-11,14,17H,4-5,9,12H2,1-3H3,(H,19,23)(H,20,21)/t14-,17+/m1/s1. The third kappa shape index (κ3) is 6.40. The van der Waals surface area contributed by atoms with Crippen LogP contribution in [0, 0.1) is 0 Å². The van der Waals surface area contributed by atoms with Gasteiger partial charge in [0.25, 0.3) is 0 Å². The summed E-state index contributed by atoms with van der Waals surface area (Å²) in [4.78, 5) is 35.9. The molecule has 6 heteroatoms. The summed E-state index contributed by atoms with van der Waals surface area (Å²) in [7, 11) is 1.32. The minimum atomic E-state index is -0.782. The normalized spacial score (nSPS) is 12.8. The fraction of sp³-hybridized carbons (Fsp3) is 0.500. The first-order valence-corrected chi connectivity index (χ1v) is 8.23. The lowest BCUT2D eigenvalue weighted by molar-refractivity contribution is -0.141. The first kappa shape index (κ1) is 19.7. The van der Waals surface area contributed by atoms with Gasteiger partial charge >= 0.3 is 5.97 Å². The third-order valence-electron chi connectivity index (χ3n) is 3.65. The molecule has 1 aromatic carbocycles. The van der Waals surface area contributed by atoms with E-state index < -0.39 is 6.04 Å². The number of esters is 1. The van der Waals surface area contributed by atoms with E-state index >= 15 is 0 Å². The highest BCUT2D eigenvalue weighted by atomic mass is 16.5. The highest BCUT2D eigenvalue weighted by Crippen LogP contribution is 2.14. The van der Waals surface area contributed by atoms with Crippen molar-refractivity contribution in [1.29, 1.82) is 0 Å². The number of ether oxygens (including phenoxy) is 1. The van der Waals surface area contributed by atoms with E-state index in [2.05, 4.69) is 15.4 Å². The minimum absolute atomic E-state index is 0.110. The Bertz CT molecular complexity index is 545. The maximum Gasteiger partial charge on any atom is 0.307 e. The molecule has 2 amide bonds. The Morgan fingerprint density at radius 1 is 1.08 bits per heavy atom. The van der Waals surface area contributed by atoms with Crippen molar-refractivity contribution in [2.45, 2.75) is 51.6 Å². The van der Waals surface area contributed by atoms with Crippen LogP contribution in [-0.4, -0.2) is 30.9 Å². The Morgan fingerprint density at radius 3 is 2.29 bits per heavy atom. The number of methoxy groups -OCH3 is 1. The van der Waals surface area contributed by atoms with Crippen LogP contribution in [0.15, 0.2) is 30.3 Å². The molecule has 24 heavy (non-hydrogen) atoms. The lowest BCUT2D eigenvalue weighted by Gasteiger charge is -2.23. The number of hydrogen-bond acceptors (Lipinski definition) is 4. The van der Waals surface area contributed by atoms with E-state index in [9.17, 15) is 14.4 Å². The Morgan fingerprint density at radius 2 is 1.75 bits per heavy atom. The summed E-state index contributed by atoms with van der Waals surface area (Å²) in [5.41, 5.74) is 0.699. The van der Waals surface area contributed by atoms with Crippen molar-refractivity contribution >= 4 is 17.8 Å². The molecule has 0 aromatic heterocycles. The van der Waals surface area contributed by atoms with Crippen molar-refractivity contribution in [3.05, 3.63) is 35.9 Å². The van der Waals surface area contributed by atoms with Gasteiger partial charge in [0, 0.05) is 12.5 Å². The molecule has 2 N–H and O–H groups in total. The summed E-state index contributed by atoms with van der Waals surface area (Å²) in [5.74, 6) is -0.910. The summed E-state index contributed by atoms with van der Waals surface area (Å²) >= 11 is 0. The summed E-state index contributed by atoms with van der Waals surface area (Å²) < 4.78 is 4.68. The number of carbonyl (C=O) groups is 3. The van der Waals surface area contributed by atoms with Gasteiger partial charge in [-0.15, -0.1) is 0 Å². The zero-order chi connectivity index (χ0) is 17.9. The van der Waals surface area contributed by atoms with E-state index in [1.54, 1.807) is 19.1 Å². The molecule has 0 spiro atoms. The van der Waals surface area contributed by atoms with Crippen molar-refractivity contribution in [3.8, 4) is 0 Å². The molecular formula is C18H26N2O4. The predicted octanol–water partition coefficient (Wildman–Crippen LogP) is 2.10. The molecule has 132 valence electrons. The molecule has 1 aromatic rings. The van der Waals surface area contributed by atoms with Crippen LogP contribution in [0.1, 0.15) is 51.1 Å². The van der Waals surface area contributed by atoms with Crippen LogP contribution < -0.4 is 10.6 Å². The molecule has 0 unspecified atom stereocenters. The number of hydrogen-bond donors (Lipinski definition) is 2. The maximum absolute atomic E-state index is 12.7. The molecule has 0 radical (unpaired) electrons. The molecule has 0 bridgehead atoms. The monoisotopic (exact) mass is 334 g/mol. The fourth-order valence-electron chi connectivity index (χ4n) is 2.35. The Balaban J connectivity index is 2.89. The summed E-state index contributed by atoms with van der Waals surface area (Å²) in [5, 5.41) is 5.59. The average Bonchev–Trinajstić information content (AvgIpc) is 2.59. The van der Waals surface area contributed by atoms with E-state index in [1.807, 2.05) is 25.1 Å². The van der Waals surface area contributed by atoms with Crippen LogP contribution in [0.25, 0.3) is 0 Å². The molecule has 0 aliphatic rings. The second kappa shape index (κ2) is 10.4. The van der Waals surface area contributed by atoms with E-state index in [4.69, 9.17) is 0 Å². The topological polar surface area (TPSA) is 84.5 Å². The first-order valence-electron chi connectivity index (χ1n) is 8.23. The molecule has 1 rings (SSSR count). The third-order valence-corrected chi connectivity index (χ3v) is 3.65. The predicted molar refractivity (Wildman–Crippen MR) is 91.1 cm³/mol. The van der Waals surface area contributed by atoms with Crippen LogP contribution in [0.2, 0.25) is 0 Å². The van der Waals surface area contributed by atoms with Gasteiger partial charge in [-0.2, -0.15) is 0 Å². The zero-order valence-corrected chi connectivity index (χ0v) is 14.5. The van der Waals surface area contributed by atoms with Gasteiger partial charge in [0.05, 0.1) is 13.5 Å². The largest absolute Gasteiger partial charge is 0.469 e. The van der Waals surface area contributed by atoms with Gasteiger partial charge in [0.15, 0.2) is 0 Å². The Labute approximate surface area is 143 Å². The first-order chi connectivity index (χ1) is 11.5. The molecule has 6 nitrogen and oxygen atoms in total. The van der Waals surface area contributed by atoms with Gasteiger partial charge in [-0.05, 0) is 12.0 Å². The van der Waals surface area contributed by atoms with Crippen molar-refractivity contribution in [2.75, 3.05) is 7.11 Å². The highest BCUT2D eigenvalue weighted by molar-refractivity contribution is 5.89. The van der Waals surface area contributed by atoms with Crippen LogP contribution in [0.5, 0.6) is 0 Å². The SMILES string of the molecule is CCC[C@H](CC(=O)OC)NC(=O)[C@@H](NC(=O)CC)c1ccccc1. The fourth-order valence-corrected chi connectivity index (χ4v) is 2.35. The van der Waals surface area contributed by atoms with E-state index in [0.29, 0.717) is 12.0 Å². The van der Waals surface area contributed by atoms with Crippen molar-refractivity contribution < 1.29 is 19.1 Å². The van der Waals surface area contributed by atoms with Gasteiger partial charge in [-0.25, -0.2) is 0 Å². The summed E-state index contributed by atoms with van der Waals surface area (Å²) in [6.45, 7) is 3.70. The Hall–Kier alpha value is -2.37. The van der Waals surface area contributed by atoms with E-state index in [1.165, 1.54) is 7.11 Å². The number of rotatable bonds is 9.